The Morgan fingerprint density at radius 3 is 2.58 bits per heavy atom. The molecule has 4 rings (SSSR count). The maximum Gasteiger partial charge on any atom is 0.214 e. The predicted molar refractivity (Wildman–Crippen MR) is 103 cm³/mol. The minimum atomic E-state index is 0.724. The van der Waals surface area contributed by atoms with Crippen molar-refractivity contribution in [1.82, 2.24) is 0 Å². The Bertz CT molecular complexity index is 954. The molecule has 3 aromatic rings. The van der Waals surface area contributed by atoms with Gasteiger partial charge >= 0.3 is 0 Å². The highest BCUT2D eigenvalue weighted by Crippen LogP contribution is 2.25. The number of hydrogen-bond donors (Lipinski definition) is 1. The number of aromatic amines is 1. The highest BCUT2D eigenvalue weighted by atomic mass is 35.5. The number of pyridine rings is 1. The van der Waals surface area contributed by atoms with Gasteiger partial charge in [0, 0.05) is 22.7 Å². The van der Waals surface area contributed by atoms with E-state index in [9.17, 15) is 0 Å². The SMILES string of the molecule is N#Cc1ccc(C[NH+]2CCN(c3cc[nH+]c4cc(Cl)ccc34)CC2)cc1. The third-order valence-corrected chi connectivity index (χ3v) is 5.32. The first-order chi connectivity index (χ1) is 12.7. The van der Waals surface area contributed by atoms with Crippen LogP contribution in [0.5, 0.6) is 0 Å². The van der Waals surface area contributed by atoms with Crippen LogP contribution in [0, 0.1) is 11.3 Å². The molecule has 2 aromatic carbocycles. The van der Waals surface area contributed by atoms with Gasteiger partial charge in [-0.15, -0.1) is 0 Å². The summed E-state index contributed by atoms with van der Waals surface area (Å²) in [6.07, 6.45) is 1.99. The van der Waals surface area contributed by atoms with Crippen LogP contribution in [-0.4, -0.2) is 26.2 Å². The van der Waals surface area contributed by atoms with Gasteiger partial charge in [-0.2, -0.15) is 5.26 Å². The Kier molecular flexibility index (Phi) is 4.75. The maximum atomic E-state index is 8.91. The van der Waals surface area contributed by atoms with Crippen molar-refractivity contribution in [2.24, 2.45) is 0 Å². The van der Waals surface area contributed by atoms with E-state index in [-0.39, 0.29) is 0 Å². The van der Waals surface area contributed by atoms with E-state index >= 15 is 0 Å². The molecule has 4 nitrogen and oxygen atoms in total. The molecule has 2 heterocycles. The van der Waals surface area contributed by atoms with E-state index in [1.165, 1.54) is 16.6 Å². The van der Waals surface area contributed by atoms with Gasteiger partial charge in [-0.1, -0.05) is 23.7 Å². The smallest absolute Gasteiger partial charge is 0.214 e. The second-order valence-corrected chi connectivity index (χ2v) is 7.21. The van der Waals surface area contributed by atoms with Gasteiger partial charge in [0.15, 0.2) is 6.20 Å². The van der Waals surface area contributed by atoms with Gasteiger partial charge in [-0.25, -0.2) is 4.98 Å². The lowest BCUT2D eigenvalue weighted by Crippen LogP contribution is -3.13. The Labute approximate surface area is 158 Å². The zero-order valence-electron chi connectivity index (χ0n) is 14.5. The average Bonchev–Trinajstić information content (AvgIpc) is 2.68. The first-order valence-electron chi connectivity index (χ1n) is 8.90. The molecule has 0 radical (unpaired) electrons. The highest BCUT2D eigenvalue weighted by Gasteiger charge is 2.22. The number of nitrogens with zero attached hydrogens (tertiary/aromatic N) is 2. The number of nitriles is 1. The molecule has 2 N–H and O–H groups in total. The lowest BCUT2D eigenvalue weighted by molar-refractivity contribution is -0.914. The molecular weight excluding hydrogens is 344 g/mol. The molecule has 0 spiro atoms. The van der Waals surface area contributed by atoms with E-state index < -0.39 is 0 Å². The molecule has 1 aliphatic rings. The van der Waals surface area contributed by atoms with Crippen molar-refractivity contribution in [1.29, 1.82) is 5.26 Å². The largest absolute Gasteiger partial charge is 0.359 e. The van der Waals surface area contributed by atoms with Crippen LogP contribution in [0.1, 0.15) is 11.1 Å². The number of H-pyrrole nitrogens is 1. The maximum absolute atomic E-state index is 8.91. The van der Waals surface area contributed by atoms with Crippen molar-refractivity contribution in [2.45, 2.75) is 6.54 Å². The Balaban J connectivity index is 1.44. The molecule has 0 amide bonds. The van der Waals surface area contributed by atoms with Crippen LogP contribution < -0.4 is 14.8 Å². The van der Waals surface area contributed by atoms with Crippen LogP contribution in [0.3, 0.4) is 0 Å². The summed E-state index contributed by atoms with van der Waals surface area (Å²) in [6, 6.07) is 18.3. The lowest BCUT2D eigenvalue weighted by atomic mass is 10.1. The number of nitrogens with one attached hydrogen (secondary N) is 2. The van der Waals surface area contributed by atoms with E-state index in [2.05, 4.69) is 40.2 Å². The van der Waals surface area contributed by atoms with Crippen molar-refractivity contribution in [2.75, 3.05) is 31.1 Å². The topological polar surface area (TPSA) is 45.6 Å². The normalized spacial score (nSPS) is 15.2. The third kappa shape index (κ3) is 3.50. The second-order valence-electron chi connectivity index (χ2n) is 6.78. The Morgan fingerprint density at radius 2 is 1.85 bits per heavy atom. The first kappa shape index (κ1) is 16.8. The van der Waals surface area contributed by atoms with Crippen molar-refractivity contribution >= 4 is 28.2 Å². The molecule has 5 heteroatoms. The zero-order valence-corrected chi connectivity index (χ0v) is 15.3. The number of anilines is 1. The molecule has 130 valence electrons. The monoisotopic (exact) mass is 364 g/mol. The molecule has 1 fully saturated rings. The average molecular weight is 365 g/mol. The predicted octanol–water partition coefficient (Wildman–Crippen LogP) is 2.08. The molecule has 1 aromatic heterocycles. The summed E-state index contributed by atoms with van der Waals surface area (Å²) in [5.41, 5.74) is 4.36. The molecule has 0 saturated carbocycles. The number of piperazine rings is 1. The zero-order chi connectivity index (χ0) is 17.9. The summed E-state index contributed by atoms with van der Waals surface area (Å²) in [4.78, 5) is 7.33. The van der Waals surface area contributed by atoms with Gasteiger partial charge in [0.05, 0.1) is 48.9 Å². The number of hydrogen-bond acceptors (Lipinski definition) is 2. The molecule has 0 unspecified atom stereocenters. The van der Waals surface area contributed by atoms with E-state index in [4.69, 9.17) is 16.9 Å². The summed E-state index contributed by atoms with van der Waals surface area (Å²) in [7, 11) is 0. The van der Waals surface area contributed by atoms with E-state index in [1.807, 2.05) is 30.5 Å². The van der Waals surface area contributed by atoms with Gasteiger partial charge < -0.3 is 9.80 Å². The number of rotatable bonds is 3. The Morgan fingerprint density at radius 1 is 1.08 bits per heavy atom. The summed E-state index contributed by atoms with van der Waals surface area (Å²) in [5, 5.41) is 10.9. The van der Waals surface area contributed by atoms with Crippen molar-refractivity contribution in [3.8, 4) is 6.07 Å². The molecule has 1 aliphatic heterocycles. The summed E-state index contributed by atoms with van der Waals surface area (Å²) < 4.78 is 0. The highest BCUT2D eigenvalue weighted by molar-refractivity contribution is 6.31. The standard InChI is InChI=1S/C21H19ClN4/c22-18-5-6-19-20(13-18)24-8-7-21(19)26-11-9-25(10-12-26)15-17-3-1-16(14-23)2-4-17/h1-8,13H,9-12,15H2/p+2. The molecule has 0 aliphatic carbocycles. The fraction of sp³-hybridized carbons (Fsp3) is 0.238. The van der Waals surface area contributed by atoms with Crippen LogP contribution >= 0.6 is 11.6 Å². The third-order valence-electron chi connectivity index (χ3n) is 5.09. The van der Waals surface area contributed by atoms with Crippen molar-refractivity contribution in [3.05, 3.63) is 70.9 Å². The van der Waals surface area contributed by atoms with Crippen LogP contribution in [-0.2, 0) is 6.54 Å². The lowest BCUT2D eigenvalue weighted by Gasteiger charge is -2.33. The molecule has 1 saturated heterocycles. The Hall–Kier alpha value is -2.61. The van der Waals surface area contributed by atoms with E-state index in [0.29, 0.717) is 0 Å². The minimum Gasteiger partial charge on any atom is -0.359 e. The van der Waals surface area contributed by atoms with Gasteiger partial charge in [-0.05, 0) is 24.3 Å². The first-order valence-corrected chi connectivity index (χ1v) is 9.28. The van der Waals surface area contributed by atoms with Crippen molar-refractivity contribution in [3.63, 3.8) is 0 Å². The molecular formula is C21H21ClN4+2. The van der Waals surface area contributed by atoms with E-state index in [0.717, 1.165) is 48.8 Å². The fourth-order valence-corrected chi connectivity index (χ4v) is 3.83. The van der Waals surface area contributed by atoms with E-state index in [1.54, 1.807) is 4.90 Å². The van der Waals surface area contributed by atoms with Crippen LogP contribution in [0.25, 0.3) is 10.9 Å². The van der Waals surface area contributed by atoms with Crippen molar-refractivity contribution < 1.29 is 9.88 Å². The summed E-state index contributed by atoms with van der Waals surface area (Å²) >= 11 is 6.12. The van der Waals surface area contributed by atoms with Crippen LogP contribution in [0.4, 0.5) is 5.69 Å². The molecule has 0 bridgehead atoms. The molecule has 0 atom stereocenters. The number of fused-ring (bicyclic) bond motifs is 1. The van der Waals surface area contributed by atoms with Crippen LogP contribution in [0.15, 0.2) is 54.7 Å². The molecule has 26 heavy (non-hydrogen) atoms. The number of benzene rings is 2. The van der Waals surface area contributed by atoms with Gasteiger partial charge in [0.2, 0.25) is 5.52 Å². The number of quaternary nitrogens is 1. The van der Waals surface area contributed by atoms with Gasteiger partial charge in [0.1, 0.15) is 6.54 Å². The number of halogens is 1. The minimum absolute atomic E-state index is 0.724. The van der Waals surface area contributed by atoms with Crippen LogP contribution in [0.2, 0.25) is 5.02 Å². The van der Waals surface area contributed by atoms with Gasteiger partial charge in [-0.3, -0.25) is 0 Å². The summed E-state index contributed by atoms with van der Waals surface area (Å²) in [6.45, 7) is 5.29. The quantitative estimate of drug-likeness (QED) is 0.773. The number of aromatic nitrogens is 1. The summed E-state index contributed by atoms with van der Waals surface area (Å²) in [5.74, 6) is 0. The fourth-order valence-electron chi connectivity index (χ4n) is 3.66. The van der Waals surface area contributed by atoms with Gasteiger partial charge in [0.25, 0.3) is 0 Å². The second kappa shape index (κ2) is 7.33.